The predicted molar refractivity (Wildman–Crippen MR) is 61.1 cm³/mol. The van der Waals surface area contributed by atoms with Crippen LogP contribution in [-0.2, 0) is 0 Å². The summed E-state index contributed by atoms with van der Waals surface area (Å²) in [6, 6.07) is 1.78. The first-order valence-electron chi connectivity index (χ1n) is 5.09. The number of aromatic nitrogens is 2. The van der Waals surface area contributed by atoms with Gasteiger partial charge in [0.1, 0.15) is 11.6 Å². The van der Waals surface area contributed by atoms with E-state index >= 15 is 0 Å². The van der Waals surface area contributed by atoms with Gasteiger partial charge < -0.3 is 15.6 Å². The van der Waals surface area contributed by atoms with Crippen molar-refractivity contribution in [1.29, 1.82) is 0 Å². The minimum Gasteiger partial charge on any atom is -0.353 e. The Morgan fingerprint density at radius 2 is 2.27 bits per heavy atom. The van der Waals surface area contributed by atoms with Crippen molar-refractivity contribution in [1.82, 2.24) is 9.97 Å². The zero-order valence-electron chi connectivity index (χ0n) is 9.45. The monoisotopic (exact) mass is 210 g/mol. The van der Waals surface area contributed by atoms with Crippen molar-refractivity contribution in [2.75, 3.05) is 18.0 Å². The Morgan fingerprint density at radius 1 is 1.60 bits per heavy atom. The number of hydrogen-bond donors (Lipinski definition) is 2. The molecule has 0 atom stereocenters. The maximum absolute atomic E-state index is 11.3. The molecule has 5 nitrogen and oxygen atoms in total. The van der Waals surface area contributed by atoms with Gasteiger partial charge in [0, 0.05) is 25.2 Å². The van der Waals surface area contributed by atoms with Gasteiger partial charge in [-0.25, -0.2) is 4.98 Å². The second-order valence-electron chi connectivity index (χ2n) is 3.76. The number of hydrogen-bond acceptors (Lipinski definition) is 4. The number of aromatic amines is 1. The Hall–Kier alpha value is -1.36. The van der Waals surface area contributed by atoms with Gasteiger partial charge in [-0.05, 0) is 20.8 Å². The second kappa shape index (κ2) is 4.93. The van der Waals surface area contributed by atoms with E-state index in [9.17, 15) is 4.79 Å². The normalized spacial score (nSPS) is 10.7. The molecule has 0 bridgehead atoms. The van der Waals surface area contributed by atoms with Crippen molar-refractivity contribution in [3.8, 4) is 0 Å². The molecule has 0 spiro atoms. The van der Waals surface area contributed by atoms with Crippen LogP contribution in [0, 0.1) is 6.92 Å². The van der Waals surface area contributed by atoms with Crippen LogP contribution in [0.25, 0.3) is 0 Å². The van der Waals surface area contributed by atoms with E-state index in [0.717, 1.165) is 0 Å². The molecule has 3 N–H and O–H groups in total. The molecule has 84 valence electrons. The van der Waals surface area contributed by atoms with Gasteiger partial charge in [0.2, 0.25) is 0 Å². The lowest BCUT2D eigenvalue weighted by molar-refractivity contribution is 0.671. The number of nitrogens with one attached hydrogen (secondary N) is 1. The van der Waals surface area contributed by atoms with Crippen LogP contribution < -0.4 is 16.2 Å². The maximum atomic E-state index is 11.3. The zero-order chi connectivity index (χ0) is 11.4. The Morgan fingerprint density at radius 3 is 2.73 bits per heavy atom. The molecule has 0 aliphatic rings. The minimum atomic E-state index is -0.125. The molecule has 1 heterocycles. The summed E-state index contributed by atoms with van der Waals surface area (Å²) < 4.78 is 0. The Kier molecular flexibility index (Phi) is 3.85. The van der Waals surface area contributed by atoms with Gasteiger partial charge in [0.05, 0.1) is 0 Å². The van der Waals surface area contributed by atoms with Crippen molar-refractivity contribution in [3.05, 3.63) is 22.2 Å². The van der Waals surface area contributed by atoms with Crippen LogP contribution in [0.4, 0.5) is 5.82 Å². The van der Waals surface area contributed by atoms with E-state index in [1.54, 1.807) is 6.92 Å². The highest BCUT2D eigenvalue weighted by atomic mass is 16.1. The van der Waals surface area contributed by atoms with E-state index < -0.39 is 0 Å². The second-order valence-corrected chi connectivity index (χ2v) is 3.76. The maximum Gasteiger partial charge on any atom is 0.252 e. The predicted octanol–water partition coefficient (Wildman–Crippen LogP) is 0.252. The minimum absolute atomic E-state index is 0.125. The molecule has 0 radical (unpaired) electrons. The lowest BCUT2D eigenvalue weighted by Crippen LogP contribution is -2.36. The molecule has 0 aliphatic carbocycles. The van der Waals surface area contributed by atoms with Crippen LogP contribution in [0.2, 0.25) is 0 Å². The fourth-order valence-corrected chi connectivity index (χ4v) is 1.49. The number of rotatable bonds is 4. The van der Waals surface area contributed by atoms with E-state index in [2.05, 4.69) is 9.97 Å². The van der Waals surface area contributed by atoms with Gasteiger partial charge in [0.15, 0.2) is 0 Å². The van der Waals surface area contributed by atoms with Crippen LogP contribution in [0.1, 0.15) is 19.7 Å². The number of H-pyrrole nitrogens is 1. The van der Waals surface area contributed by atoms with Gasteiger partial charge in [-0.2, -0.15) is 0 Å². The first-order valence-corrected chi connectivity index (χ1v) is 5.09. The molecule has 0 saturated carbocycles. The smallest absolute Gasteiger partial charge is 0.252 e. The van der Waals surface area contributed by atoms with Crippen molar-refractivity contribution >= 4 is 5.82 Å². The molecule has 0 saturated heterocycles. The third-order valence-corrected chi connectivity index (χ3v) is 2.13. The molecule has 0 unspecified atom stereocenters. The quantitative estimate of drug-likeness (QED) is 0.747. The van der Waals surface area contributed by atoms with E-state index in [-0.39, 0.29) is 11.6 Å². The molecule has 5 heteroatoms. The van der Waals surface area contributed by atoms with Gasteiger partial charge in [-0.1, -0.05) is 0 Å². The summed E-state index contributed by atoms with van der Waals surface area (Å²) in [4.78, 5) is 20.2. The van der Waals surface area contributed by atoms with Gasteiger partial charge in [-0.15, -0.1) is 0 Å². The summed E-state index contributed by atoms with van der Waals surface area (Å²) in [7, 11) is 0. The largest absolute Gasteiger partial charge is 0.353 e. The van der Waals surface area contributed by atoms with E-state index in [0.29, 0.717) is 24.7 Å². The highest BCUT2D eigenvalue weighted by Gasteiger charge is 2.11. The summed E-state index contributed by atoms with van der Waals surface area (Å²) in [5.74, 6) is 1.32. The first kappa shape index (κ1) is 11.7. The number of nitrogens with two attached hydrogens (primary N) is 1. The van der Waals surface area contributed by atoms with Crippen molar-refractivity contribution < 1.29 is 0 Å². The summed E-state index contributed by atoms with van der Waals surface area (Å²) in [5.41, 5.74) is 5.40. The number of anilines is 1. The Bertz CT molecular complexity index is 372. The van der Waals surface area contributed by atoms with Crippen LogP contribution >= 0.6 is 0 Å². The summed E-state index contributed by atoms with van der Waals surface area (Å²) in [5, 5.41) is 0. The van der Waals surface area contributed by atoms with E-state index in [1.165, 1.54) is 6.07 Å². The summed E-state index contributed by atoms with van der Waals surface area (Å²) >= 11 is 0. The molecule has 1 aromatic rings. The molecular formula is C10H18N4O. The van der Waals surface area contributed by atoms with Crippen LogP contribution in [-0.4, -0.2) is 29.1 Å². The Balaban J connectivity index is 3.05. The molecule has 0 fully saturated rings. The SMILES string of the molecule is Cc1nc(N(CCN)C(C)C)cc(=O)[nH]1. The average molecular weight is 210 g/mol. The Labute approximate surface area is 89.3 Å². The van der Waals surface area contributed by atoms with Crippen LogP contribution in [0.3, 0.4) is 0 Å². The lowest BCUT2D eigenvalue weighted by Gasteiger charge is -2.27. The molecule has 0 amide bonds. The fraction of sp³-hybridized carbons (Fsp3) is 0.600. The third-order valence-electron chi connectivity index (χ3n) is 2.13. The van der Waals surface area contributed by atoms with Crippen LogP contribution in [0.15, 0.2) is 10.9 Å². The molecule has 15 heavy (non-hydrogen) atoms. The molecular weight excluding hydrogens is 192 g/mol. The zero-order valence-corrected chi connectivity index (χ0v) is 9.45. The molecule has 0 aromatic carbocycles. The standard InChI is InChI=1S/C10H18N4O/c1-7(2)14(5-4-11)9-6-10(15)13-8(3)12-9/h6-7H,4-5,11H2,1-3H3,(H,12,13,15). The summed E-state index contributed by atoms with van der Waals surface area (Å²) in [6.07, 6.45) is 0. The molecule has 1 aromatic heterocycles. The fourth-order valence-electron chi connectivity index (χ4n) is 1.49. The summed E-state index contributed by atoms with van der Waals surface area (Å²) in [6.45, 7) is 7.12. The van der Waals surface area contributed by atoms with E-state index in [4.69, 9.17) is 5.73 Å². The average Bonchev–Trinajstić information content (AvgIpc) is 2.11. The van der Waals surface area contributed by atoms with Crippen LogP contribution in [0.5, 0.6) is 0 Å². The van der Waals surface area contributed by atoms with Gasteiger partial charge >= 0.3 is 0 Å². The third kappa shape index (κ3) is 3.06. The highest BCUT2D eigenvalue weighted by molar-refractivity contribution is 5.38. The topological polar surface area (TPSA) is 75.0 Å². The van der Waals surface area contributed by atoms with Crippen molar-refractivity contribution in [3.63, 3.8) is 0 Å². The number of nitrogens with zero attached hydrogens (tertiary/aromatic N) is 2. The van der Waals surface area contributed by atoms with Gasteiger partial charge in [-0.3, -0.25) is 4.79 Å². The van der Waals surface area contributed by atoms with Crippen molar-refractivity contribution in [2.24, 2.45) is 5.73 Å². The lowest BCUT2D eigenvalue weighted by atomic mass is 10.3. The van der Waals surface area contributed by atoms with Crippen molar-refractivity contribution in [2.45, 2.75) is 26.8 Å². The molecule has 0 aliphatic heterocycles. The molecule has 1 rings (SSSR count). The highest BCUT2D eigenvalue weighted by Crippen LogP contribution is 2.10. The van der Waals surface area contributed by atoms with Gasteiger partial charge in [0.25, 0.3) is 5.56 Å². The first-order chi connectivity index (χ1) is 7.04. The number of aryl methyl sites for hydroxylation is 1. The van der Waals surface area contributed by atoms with E-state index in [1.807, 2.05) is 18.7 Å².